The molecule has 0 bridgehead atoms. The van der Waals surface area contributed by atoms with Crippen LogP contribution in [0.25, 0.3) is 22.4 Å². The predicted molar refractivity (Wildman–Crippen MR) is 67.0 cm³/mol. The molecule has 0 saturated heterocycles. The Morgan fingerprint density at radius 3 is 2.48 bits per heavy atom. The summed E-state index contributed by atoms with van der Waals surface area (Å²) in [5.41, 5.74) is 0.488. The highest BCUT2D eigenvalue weighted by Crippen LogP contribution is 2.34. The molecular weight excluding hydrogens is 288 g/mol. The lowest BCUT2D eigenvalue weighted by atomic mass is 10.2. The molecule has 4 nitrogen and oxygen atoms in total. The van der Waals surface area contributed by atoms with Crippen molar-refractivity contribution in [3.05, 3.63) is 42.2 Å². The number of para-hydroxylation sites is 2. The summed E-state index contributed by atoms with van der Waals surface area (Å²) in [5.74, 6) is -4.28. The Labute approximate surface area is 115 Å². The molecule has 0 radical (unpaired) electrons. The predicted octanol–water partition coefficient (Wildman–Crippen LogP) is 3.38. The molecule has 0 aliphatic heterocycles. The van der Waals surface area contributed by atoms with Crippen LogP contribution in [0.2, 0.25) is 0 Å². The molecule has 21 heavy (non-hydrogen) atoms. The van der Waals surface area contributed by atoms with E-state index in [1.807, 2.05) is 5.10 Å². The standard InChI is InChI=1S/C13H8F4N4/c14-12(15)13(16,17)11-5-9(20-21-11)10-6-18-7-3-1-2-4-8(7)19-10/h1-6,12H,(H,20,21). The van der Waals surface area contributed by atoms with Crippen molar-refractivity contribution in [1.82, 2.24) is 20.2 Å². The molecule has 0 atom stereocenters. The molecule has 0 aliphatic carbocycles. The minimum Gasteiger partial charge on any atom is -0.276 e. The normalized spacial score (nSPS) is 12.2. The number of nitrogens with one attached hydrogen (secondary N) is 1. The molecule has 0 fully saturated rings. The number of nitrogens with zero attached hydrogens (tertiary/aromatic N) is 3. The van der Waals surface area contributed by atoms with E-state index in [1.54, 1.807) is 24.3 Å². The first-order chi connectivity index (χ1) is 9.98. The first-order valence-corrected chi connectivity index (χ1v) is 5.92. The van der Waals surface area contributed by atoms with E-state index in [-0.39, 0.29) is 11.4 Å². The Hall–Kier alpha value is -2.51. The van der Waals surface area contributed by atoms with Crippen molar-refractivity contribution < 1.29 is 17.6 Å². The molecule has 8 heteroatoms. The molecule has 0 unspecified atom stereocenters. The van der Waals surface area contributed by atoms with Gasteiger partial charge in [-0.1, -0.05) is 12.1 Å². The maximum absolute atomic E-state index is 13.2. The number of rotatable bonds is 3. The van der Waals surface area contributed by atoms with E-state index in [0.717, 1.165) is 6.07 Å². The maximum Gasteiger partial charge on any atom is 0.348 e. The van der Waals surface area contributed by atoms with Crippen molar-refractivity contribution >= 4 is 11.0 Å². The summed E-state index contributed by atoms with van der Waals surface area (Å²) in [6.07, 6.45) is -2.46. The van der Waals surface area contributed by atoms with Gasteiger partial charge in [0.2, 0.25) is 0 Å². The highest BCUT2D eigenvalue weighted by Gasteiger charge is 2.44. The summed E-state index contributed by atoms with van der Waals surface area (Å²) in [6.45, 7) is 0. The maximum atomic E-state index is 13.2. The minimum absolute atomic E-state index is 0.0311. The van der Waals surface area contributed by atoms with Crippen molar-refractivity contribution in [2.75, 3.05) is 0 Å². The summed E-state index contributed by atoms with van der Waals surface area (Å²) in [4.78, 5) is 8.32. The Bertz CT molecular complexity index is 784. The van der Waals surface area contributed by atoms with Gasteiger partial charge < -0.3 is 0 Å². The number of alkyl halides is 4. The van der Waals surface area contributed by atoms with E-state index in [4.69, 9.17) is 0 Å². The molecular formula is C13H8F4N4. The Kier molecular flexibility index (Phi) is 3.08. The van der Waals surface area contributed by atoms with Crippen LogP contribution in [0.4, 0.5) is 17.6 Å². The van der Waals surface area contributed by atoms with Crippen LogP contribution < -0.4 is 0 Å². The van der Waals surface area contributed by atoms with Crippen LogP contribution in [0.3, 0.4) is 0 Å². The van der Waals surface area contributed by atoms with Crippen LogP contribution in [0.1, 0.15) is 5.69 Å². The summed E-state index contributed by atoms with van der Waals surface area (Å²) in [6, 6.07) is 7.83. The summed E-state index contributed by atoms with van der Waals surface area (Å²) >= 11 is 0. The molecule has 0 aliphatic rings. The van der Waals surface area contributed by atoms with Gasteiger partial charge in [0.25, 0.3) is 0 Å². The largest absolute Gasteiger partial charge is 0.348 e. The number of hydrogen-bond acceptors (Lipinski definition) is 3. The molecule has 0 saturated carbocycles. The fraction of sp³-hybridized carbons (Fsp3) is 0.154. The second-order valence-corrected chi connectivity index (χ2v) is 4.33. The zero-order valence-corrected chi connectivity index (χ0v) is 10.4. The van der Waals surface area contributed by atoms with Crippen molar-refractivity contribution in [3.8, 4) is 11.4 Å². The average molecular weight is 296 g/mol. The first kappa shape index (κ1) is 13.5. The van der Waals surface area contributed by atoms with Gasteiger partial charge in [-0.2, -0.15) is 13.9 Å². The molecule has 0 amide bonds. The molecule has 108 valence electrons. The van der Waals surface area contributed by atoms with E-state index >= 15 is 0 Å². The number of aromatic nitrogens is 4. The molecule has 2 heterocycles. The third-order valence-electron chi connectivity index (χ3n) is 2.92. The number of benzene rings is 1. The van der Waals surface area contributed by atoms with Crippen molar-refractivity contribution in [1.29, 1.82) is 0 Å². The molecule has 0 spiro atoms. The smallest absolute Gasteiger partial charge is 0.276 e. The monoisotopic (exact) mass is 296 g/mol. The number of halogens is 4. The third-order valence-corrected chi connectivity index (χ3v) is 2.92. The average Bonchev–Trinajstić information content (AvgIpc) is 2.97. The minimum atomic E-state index is -4.28. The second kappa shape index (κ2) is 4.80. The van der Waals surface area contributed by atoms with Crippen LogP contribution >= 0.6 is 0 Å². The van der Waals surface area contributed by atoms with Gasteiger partial charge in [0.05, 0.1) is 17.2 Å². The lowest BCUT2D eigenvalue weighted by Gasteiger charge is -2.11. The first-order valence-electron chi connectivity index (χ1n) is 5.92. The third kappa shape index (κ3) is 2.32. The van der Waals surface area contributed by atoms with E-state index in [2.05, 4.69) is 15.1 Å². The van der Waals surface area contributed by atoms with Crippen LogP contribution in [-0.4, -0.2) is 26.6 Å². The van der Waals surface area contributed by atoms with Gasteiger partial charge in [0.1, 0.15) is 17.1 Å². The Balaban J connectivity index is 2.02. The van der Waals surface area contributed by atoms with Gasteiger partial charge in [-0.3, -0.25) is 10.1 Å². The zero-order chi connectivity index (χ0) is 15.0. The molecule has 2 aromatic heterocycles. The van der Waals surface area contributed by atoms with E-state index in [9.17, 15) is 17.6 Å². The fourth-order valence-electron chi connectivity index (χ4n) is 1.82. The van der Waals surface area contributed by atoms with Crippen LogP contribution in [-0.2, 0) is 5.92 Å². The molecule has 3 rings (SSSR count). The van der Waals surface area contributed by atoms with Crippen molar-refractivity contribution in [2.45, 2.75) is 12.3 Å². The highest BCUT2D eigenvalue weighted by molar-refractivity contribution is 5.76. The summed E-state index contributed by atoms with van der Waals surface area (Å²) in [5, 5.41) is 5.53. The number of aromatic amines is 1. The fourth-order valence-corrected chi connectivity index (χ4v) is 1.82. The van der Waals surface area contributed by atoms with Gasteiger partial charge in [0.15, 0.2) is 0 Å². The molecule has 3 aromatic rings. The van der Waals surface area contributed by atoms with E-state index in [1.165, 1.54) is 6.20 Å². The van der Waals surface area contributed by atoms with Gasteiger partial charge in [0, 0.05) is 0 Å². The lowest BCUT2D eigenvalue weighted by Crippen LogP contribution is -2.23. The van der Waals surface area contributed by atoms with Crippen LogP contribution in [0.15, 0.2) is 36.5 Å². The topological polar surface area (TPSA) is 54.5 Å². The summed E-state index contributed by atoms with van der Waals surface area (Å²) < 4.78 is 51.0. The van der Waals surface area contributed by atoms with Gasteiger partial charge >= 0.3 is 12.3 Å². The van der Waals surface area contributed by atoms with Gasteiger partial charge in [-0.15, -0.1) is 0 Å². The summed E-state index contributed by atoms with van der Waals surface area (Å²) in [7, 11) is 0. The SMILES string of the molecule is FC(F)C(F)(F)c1cc(-c2cnc3ccccc3n2)n[nH]1. The second-order valence-electron chi connectivity index (χ2n) is 4.33. The number of fused-ring (bicyclic) bond motifs is 1. The van der Waals surface area contributed by atoms with Crippen LogP contribution in [0, 0.1) is 0 Å². The highest BCUT2D eigenvalue weighted by atomic mass is 19.3. The number of hydrogen-bond donors (Lipinski definition) is 1. The van der Waals surface area contributed by atoms with Gasteiger partial charge in [-0.05, 0) is 18.2 Å². The Morgan fingerprint density at radius 2 is 1.76 bits per heavy atom. The molecule has 1 N–H and O–H groups in total. The molecule has 1 aromatic carbocycles. The van der Waals surface area contributed by atoms with E-state index < -0.39 is 18.0 Å². The quantitative estimate of drug-likeness (QED) is 0.754. The Morgan fingerprint density at radius 1 is 1.05 bits per heavy atom. The van der Waals surface area contributed by atoms with Crippen LogP contribution in [0.5, 0.6) is 0 Å². The van der Waals surface area contributed by atoms with Crippen molar-refractivity contribution in [2.24, 2.45) is 0 Å². The zero-order valence-electron chi connectivity index (χ0n) is 10.4. The van der Waals surface area contributed by atoms with Crippen molar-refractivity contribution in [3.63, 3.8) is 0 Å². The van der Waals surface area contributed by atoms with E-state index in [0.29, 0.717) is 11.0 Å². The number of H-pyrrole nitrogens is 1. The van der Waals surface area contributed by atoms with Gasteiger partial charge in [-0.25, -0.2) is 13.8 Å². The lowest BCUT2D eigenvalue weighted by molar-refractivity contribution is -0.137.